The van der Waals surface area contributed by atoms with Gasteiger partial charge < -0.3 is 16.2 Å². The minimum absolute atomic E-state index is 0.0474. The Kier molecular flexibility index (Phi) is 3.93. The number of hydrogen-bond acceptors (Lipinski definition) is 4. The number of carbonyl (C=O) groups is 1. The smallest absolute Gasteiger partial charge is 0.239 e. The predicted octanol–water partition coefficient (Wildman–Crippen LogP) is 1.56. The summed E-state index contributed by atoms with van der Waals surface area (Å²) in [5.74, 6) is -0.191. The van der Waals surface area contributed by atoms with Crippen LogP contribution in [0.2, 0.25) is 0 Å². The Hall–Kier alpha value is -2.50. The summed E-state index contributed by atoms with van der Waals surface area (Å²) in [6.45, 7) is 3.96. The number of carbonyl (C=O) groups excluding carboxylic acids is 1. The van der Waals surface area contributed by atoms with Crippen LogP contribution in [-0.4, -0.2) is 20.8 Å². The molecule has 0 saturated heterocycles. The first kappa shape index (κ1) is 13.9. The molecule has 0 fully saturated rings. The van der Waals surface area contributed by atoms with Crippen molar-refractivity contribution in [3.63, 3.8) is 0 Å². The number of benzene rings is 1. The van der Waals surface area contributed by atoms with E-state index in [2.05, 4.69) is 10.4 Å². The third kappa shape index (κ3) is 3.28. The van der Waals surface area contributed by atoms with Crippen molar-refractivity contribution in [1.82, 2.24) is 9.78 Å². The molecule has 1 unspecified atom stereocenters. The maximum atomic E-state index is 10.8. The fraction of sp³-hybridized carbons (Fsp3) is 0.286. The van der Waals surface area contributed by atoms with Crippen LogP contribution in [0.15, 0.2) is 30.6 Å². The minimum Gasteiger partial charge on any atom is -0.508 e. The number of rotatable bonds is 5. The van der Waals surface area contributed by atoms with Gasteiger partial charge in [-0.15, -0.1) is 0 Å². The average Bonchev–Trinajstić information content (AvgIpc) is 2.78. The molecule has 20 heavy (non-hydrogen) atoms. The Labute approximate surface area is 117 Å². The fourth-order valence-electron chi connectivity index (χ4n) is 2.03. The molecule has 1 heterocycles. The van der Waals surface area contributed by atoms with E-state index in [1.807, 2.05) is 26.0 Å². The van der Waals surface area contributed by atoms with Gasteiger partial charge in [-0.25, -0.2) is 0 Å². The summed E-state index contributed by atoms with van der Waals surface area (Å²) in [6.07, 6.45) is 3.32. The third-order valence-electron chi connectivity index (χ3n) is 2.98. The number of nitrogens with zero attached hydrogens (tertiary/aromatic N) is 2. The van der Waals surface area contributed by atoms with E-state index in [9.17, 15) is 9.90 Å². The second-order valence-corrected chi connectivity index (χ2v) is 4.82. The van der Waals surface area contributed by atoms with Crippen molar-refractivity contribution in [1.29, 1.82) is 0 Å². The van der Waals surface area contributed by atoms with Gasteiger partial charge in [0.05, 0.1) is 17.9 Å². The molecule has 0 spiro atoms. The number of nitrogens with one attached hydrogen (secondary N) is 1. The first-order valence-corrected chi connectivity index (χ1v) is 6.32. The van der Waals surface area contributed by atoms with Crippen LogP contribution >= 0.6 is 0 Å². The number of anilines is 1. The van der Waals surface area contributed by atoms with Crippen molar-refractivity contribution >= 4 is 11.6 Å². The molecule has 6 nitrogen and oxygen atoms in total. The van der Waals surface area contributed by atoms with E-state index in [4.69, 9.17) is 5.73 Å². The number of aromatic nitrogens is 2. The van der Waals surface area contributed by atoms with Gasteiger partial charge >= 0.3 is 0 Å². The average molecular weight is 274 g/mol. The SMILES string of the molecule is Cc1ccc(O)c(C(C)Nc2cnn(CC(N)=O)c2)c1. The third-order valence-corrected chi connectivity index (χ3v) is 2.98. The zero-order valence-corrected chi connectivity index (χ0v) is 11.5. The number of primary amides is 1. The highest BCUT2D eigenvalue weighted by Gasteiger charge is 2.11. The number of phenols is 1. The molecule has 106 valence electrons. The van der Waals surface area contributed by atoms with Crippen LogP contribution in [0, 0.1) is 6.92 Å². The summed E-state index contributed by atoms with van der Waals surface area (Å²) < 4.78 is 1.47. The van der Waals surface area contributed by atoms with Crippen LogP contribution in [-0.2, 0) is 11.3 Å². The van der Waals surface area contributed by atoms with E-state index < -0.39 is 5.91 Å². The highest BCUT2D eigenvalue weighted by atomic mass is 16.3. The summed E-state index contributed by atoms with van der Waals surface area (Å²) in [5.41, 5.74) is 7.77. The van der Waals surface area contributed by atoms with E-state index in [1.54, 1.807) is 18.5 Å². The number of aryl methyl sites for hydroxylation is 1. The second kappa shape index (κ2) is 5.64. The van der Waals surface area contributed by atoms with Gasteiger partial charge in [-0.05, 0) is 19.9 Å². The molecule has 2 aromatic rings. The van der Waals surface area contributed by atoms with Gasteiger partial charge in [-0.1, -0.05) is 17.7 Å². The fourth-order valence-corrected chi connectivity index (χ4v) is 2.03. The molecule has 0 radical (unpaired) electrons. The molecule has 1 atom stereocenters. The first-order chi connectivity index (χ1) is 9.45. The highest BCUT2D eigenvalue weighted by molar-refractivity contribution is 5.73. The summed E-state index contributed by atoms with van der Waals surface area (Å²) in [5, 5.41) is 17.1. The summed E-state index contributed by atoms with van der Waals surface area (Å²) in [7, 11) is 0. The predicted molar refractivity (Wildman–Crippen MR) is 76.3 cm³/mol. The maximum absolute atomic E-state index is 10.8. The highest BCUT2D eigenvalue weighted by Crippen LogP contribution is 2.27. The Bertz CT molecular complexity index is 621. The summed E-state index contributed by atoms with van der Waals surface area (Å²) >= 11 is 0. The number of nitrogens with two attached hydrogens (primary N) is 1. The molecule has 6 heteroatoms. The number of hydrogen-bond donors (Lipinski definition) is 3. The van der Waals surface area contributed by atoms with Crippen LogP contribution in [0.25, 0.3) is 0 Å². The van der Waals surface area contributed by atoms with Crippen molar-refractivity contribution in [2.24, 2.45) is 5.73 Å². The Balaban J connectivity index is 2.11. The molecular weight excluding hydrogens is 256 g/mol. The van der Waals surface area contributed by atoms with Crippen molar-refractivity contribution in [2.45, 2.75) is 26.4 Å². The maximum Gasteiger partial charge on any atom is 0.239 e. The molecule has 0 aliphatic carbocycles. The van der Waals surface area contributed by atoms with Crippen molar-refractivity contribution < 1.29 is 9.90 Å². The lowest BCUT2D eigenvalue weighted by atomic mass is 10.0. The monoisotopic (exact) mass is 274 g/mol. The largest absolute Gasteiger partial charge is 0.508 e. The van der Waals surface area contributed by atoms with Gasteiger partial charge in [0.25, 0.3) is 0 Å². The van der Waals surface area contributed by atoms with Gasteiger partial charge in [0.2, 0.25) is 5.91 Å². The van der Waals surface area contributed by atoms with E-state index >= 15 is 0 Å². The van der Waals surface area contributed by atoms with Crippen LogP contribution in [0.1, 0.15) is 24.1 Å². The van der Waals surface area contributed by atoms with Crippen LogP contribution in [0.4, 0.5) is 5.69 Å². The zero-order valence-electron chi connectivity index (χ0n) is 11.5. The first-order valence-electron chi connectivity index (χ1n) is 6.32. The van der Waals surface area contributed by atoms with Crippen molar-refractivity contribution in [3.05, 3.63) is 41.7 Å². The molecule has 1 aromatic carbocycles. The lowest BCUT2D eigenvalue weighted by molar-refractivity contribution is -0.118. The molecule has 0 saturated carbocycles. The molecule has 1 amide bonds. The molecular formula is C14H18N4O2. The van der Waals surface area contributed by atoms with E-state index in [1.165, 1.54) is 4.68 Å². The van der Waals surface area contributed by atoms with E-state index in [0.29, 0.717) is 0 Å². The minimum atomic E-state index is -0.441. The van der Waals surface area contributed by atoms with Crippen LogP contribution in [0.3, 0.4) is 0 Å². The van der Waals surface area contributed by atoms with Crippen LogP contribution in [0.5, 0.6) is 5.75 Å². The number of amides is 1. The van der Waals surface area contributed by atoms with E-state index in [0.717, 1.165) is 16.8 Å². The summed E-state index contributed by atoms with van der Waals surface area (Å²) in [6, 6.07) is 5.39. The standard InChI is InChI=1S/C14H18N4O2/c1-9-3-4-13(19)12(5-9)10(2)17-11-6-16-18(7-11)8-14(15)20/h3-7,10,17,19H,8H2,1-2H3,(H2,15,20). The molecule has 0 aliphatic rings. The number of aromatic hydroxyl groups is 1. The lowest BCUT2D eigenvalue weighted by Gasteiger charge is -2.16. The van der Waals surface area contributed by atoms with Gasteiger partial charge in [-0.2, -0.15) is 5.10 Å². The molecule has 2 rings (SSSR count). The molecule has 1 aromatic heterocycles. The normalized spacial score (nSPS) is 12.1. The van der Waals surface area contributed by atoms with Gasteiger partial charge in [0.1, 0.15) is 12.3 Å². The molecule has 0 aliphatic heterocycles. The second-order valence-electron chi connectivity index (χ2n) is 4.82. The lowest BCUT2D eigenvalue weighted by Crippen LogP contribution is -2.18. The van der Waals surface area contributed by atoms with Crippen molar-refractivity contribution in [2.75, 3.05) is 5.32 Å². The quantitative estimate of drug-likeness (QED) is 0.771. The molecule has 0 bridgehead atoms. The zero-order chi connectivity index (χ0) is 14.7. The number of phenolic OH excluding ortho intramolecular Hbond substituents is 1. The Morgan fingerprint density at radius 1 is 1.55 bits per heavy atom. The van der Waals surface area contributed by atoms with Gasteiger partial charge in [0.15, 0.2) is 0 Å². The summed E-state index contributed by atoms with van der Waals surface area (Å²) in [4.78, 5) is 10.8. The topological polar surface area (TPSA) is 93.2 Å². The Morgan fingerprint density at radius 3 is 3.00 bits per heavy atom. The Morgan fingerprint density at radius 2 is 2.30 bits per heavy atom. The van der Waals surface area contributed by atoms with Gasteiger partial charge in [0, 0.05) is 11.8 Å². The molecule has 4 N–H and O–H groups in total. The van der Waals surface area contributed by atoms with Gasteiger partial charge in [-0.3, -0.25) is 9.48 Å². The van der Waals surface area contributed by atoms with E-state index in [-0.39, 0.29) is 18.3 Å². The van der Waals surface area contributed by atoms with Crippen molar-refractivity contribution in [3.8, 4) is 5.75 Å². The van der Waals surface area contributed by atoms with Crippen LogP contribution < -0.4 is 11.1 Å².